The molecule has 4 heteroatoms. The molecule has 1 heterocycles. The van der Waals surface area contributed by atoms with Crippen LogP contribution in [0.1, 0.15) is 81.7 Å². The lowest BCUT2D eigenvalue weighted by Crippen LogP contribution is -2.32. The van der Waals surface area contributed by atoms with Crippen LogP contribution in [-0.4, -0.2) is 22.1 Å². The minimum absolute atomic E-state index is 0.288. The van der Waals surface area contributed by atoms with Gasteiger partial charge in [0.2, 0.25) is 0 Å². The molecule has 0 aliphatic rings. The number of nitrogens with two attached hydrogens (primary N) is 1. The zero-order valence-corrected chi connectivity index (χ0v) is 15.6. The van der Waals surface area contributed by atoms with Crippen molar-refractivity contribution in [3.05, 3.63) is 34.5 Å². The van der Waals surface area contributed by atoms with Crippen molar-refractivity contribution >= 4 is 16.9 Å². The van der Waals surface area contributed by atoms with E-state index in [2.05, 4.69) is 58.7 Å². The topological polar surface area (TPSA) is 79.1 Å². The second-order valence-corrected chi connectivity index (χ2v) is 7.66. The number of hydrogen-bond donors (Lipinski definition) is 3. The summed E-state index contributed by atoms with van der Waals surface area (Å²) in [6.07, 6.45) is 0.349. The zero-order valence-electron chi connectivity index (χ0n) is 15.6. The molecule has 2 rings (SSSR count). The first-order valence-electron chi connectivity index (χ1n) is 8.80. The third-order valence-corrected chi connectivity index (χ3v) is 4.71. The third-order valence-electron chi connectivity index (χ3n) is 4.71. The monoisotopic (exact) mass is 330 g/mol. The fourth-order valence-electron chi connectivity index (χ4n) is 3.23. The molecule has 0 saturated heterocycles. The number of H-pyrrole nitrogens is 1. The van der Waals surface area contributed by atoms with Crippen LogP contribution in [0, 0.1) is 0 Å². The van der Waals surface area contributed by atoms with Crippen LogP contribution >= 0.6 is 0 Å². The van der Waals surface area contributed by atoms with Crippen molar-refractivity contribution in [2.24, 2.45) is 5.73 Å². The second kappa shape index (κ2) is 6.98. The number of fused-ring (bicyclic) bond motifs is 1. The van der Waals surface area contributed by atoms with Gasteiger partial charge in [0.15, 0.2) is 0 Å². The minimum Gasteiger partial charge on any atom is -0.480 e. The molecule has 24 heavy (non-hydrogen) atoms. The molecule has 0 amide bonds. The van der Waals surface area contributed by atoms with Gasteiger partial charge in [0, 0.05) is 23.0 Å². The summed E-state index contributed by atoms with van der Waals surface area (Å²) in [5, 5.41) is 10.4. The number of carbonyl (C=O) groups is 1. The van der Waals surface area contributed by atoms with E-state index in [-0.39, 0.29) is 5.92 Å². The van der Waals surface area contributed by atoms with Crippen molar-refractivity contribution in [3.63, 3.8) is 0 Å². The van der Waals surface area contributed by atoms with Gasteiger partial charge >= 0.3 is 5.97 Å². The van der Waals surface area contributed by atoms with Crippen LogP contribution in [0.2, 0.25) is 0 Å². The lowest BCUT2D eigenvalue weighted by Gasteiger charge is -2.14. The number of benzene rings is 1. The van der Waals surface area contributed by atoms with Crippen molar-refractivity contribution in [1.82, 2.24) is 4.98 Å². The highest BCUT2D eigenvalue weighted by molar-refractivity contribution is 5.89. The maximum atomic E-state index is 11.3. The predicted molar refractivity (Wildman–Crippen MR) is 99.9 cm³/mol. The molecule has 2 aromatic rings. The molecule has 132 valence electrons. The van der Waals surface area contributed by atoms with Crippen LogP contribution in [-0.2, 0) is 11.2 Å². The molecule has 0 fully saturated rings. The van der Waals surface area contributed by atoms with Crippen molar-refractivity contribution < 1.29 is 9.90 Å². The molecule has 0 spiro atoms. The maximum absolute atomic E-state index is 11.3. The lowest BCUT2D eigenvalue weighted by atomic mass is 9.90. The highest BCUT2D eigenvalue weighted by Crippen LogP contribution is 2.35. The molecular weight excluding hydrogens is 300 g/mol. The van der Waals surface area contributed by atoms with Crippen LogP contribution in [0.5, 0.6) is 0 Å². The first-order chi connectivity index (χ1) is 11.1. The second-order valence-electron chi connectivity index (χ2n) is 7.66. The number of carboxylic acid groups (broad SMARTS) is 1. The minimum atomic E-state index is -0.955. The van der Waals surface area contributed by atoms with E-state index in [9.17, 15) is 9.90 Å². The van der Waals surface area contributed by atoms with Crippen LogP contribution in [0.3, 0.4) is 0 Å². The Labute approximate surface area is 144 Å². The van der Waals surface area contributed by atoms with Gasteiger partial charge in [-0.15, -0.1) is 0 Å². The van der Waals surface area contributed by atoms with Crippen LogP contribution in [0.15, 0.2) is 12.1 Å². The molecular formula is C20H30N2O2. The molecule has 4 N–H and O–H groups in total. The average molecular weight is 330 g/mol. The summed E-state index contributed by atoms with van der Waals surface area (Å²) in [5.41, 5.74) is 11.7. The number of aliphatic carboxylic acids is 1. The van der Waals surface area contributed by atoms with Crippen LogP contribution < -0.4 is 5.73 Å². The van der Waals surface area contributed by atoms with Crippen molar-refractivity contribution in [1.29, 1.82) is 0 Å². The standard InChI is InChI=1S/C20H30N2O2/c1-10(2)13-7-14(11(3)4)19-15(8-13)16(9-17(21)20(23)24)18(22-19)12(5)6/h7-8,10-12,17,22H,9,21H2,1-6H3,(H,23,24). The molecule has 0 bridgehead atoms. The van der Waals surface area contributed by atoms with E-state index in [0.29, 0.717) is 18.3 Å². The van der Waals surface area contributed by atoms with Crippen molar-refractivity contribution in [2.75, 3.05) is 0 Å². The molecule has 1 aromatic carbocycles. The molecule has 0 saturated carbocycles. The number of aromatic amines is 1. The molecule has 0 aliphatic carbocycles. The maximum Gasteiger partial charge on any atom is 0.320 e. The summed E-state index contributed by atoms with van der Waals surface area (Å²) in [4.78, 5) is 14.8. The molecule has 1 atom stereocenters. The highest BCUT2D eigenvalue weighted by atomic mass is 16.4. The van der Waals surface area contributed by atoms with E-state index < -0.39 is 12.0 Å². The van der Waals surface area contributed by atoms with Gasteiger partial charge in [0.05, 0.1) is 0 Å². The summed E-state index contributed by atoms with van der Waals surface area (Å²) >= 11 is 0. The van der Waals surface area contributed by atoms with E-state index in [4.69, 9.17) is 5.73 Å². The fourth-order valence-corrected chi connectivity index (χ4v) is 3.23. The lowest BCUT2D eigenvalue weighted by molar-refractivity contribution is -0.138. The Morgan fingerprint density at radius 2 is 1.71 bits per heavy atom. The van der Waals surface area contributed by atoms with Crippen molar-refractivity contribution in [3.8, 4) is 0 Å². The molecule has 1 aromatic heterocycles. The third kappa shape index (κ3) is 3.48. The van der Waals surface area contributed by atoms with Gasteiger partial charge in [-0.1, -0.05) is 47.6 Å². The van der Waals surface area contributed by atoms with E-state index >= 15 is 0 Å². The number of hydrogen-bond acceptors (Lipinski definition) is 2. The molecule has 1 unspecified atom stereocenters. The molecule has 4 nitrogen and oxygen atoms in total. The van der Waals surface area contributed by atoms with E-state index in [0.717, 1.165) is 22.2 Å². The SMILES string of the molecule is CC(C)c1cc(C(C)C)c2[nH]c(C(C)C)c(CC(N)C(=O)O)c2c1. The summed E-state index contributed by atoms with van der Waals surface area (Å²) < 4.78 is 0. The van der Waals surface area contributed by atoms with Gasteiger partial charge in [-0.3, -0.25) is 4.79 Å². The van der Waals surface area contributed by atoms with Gasteiger partial charge in [0.1, 0.15) is 6.04 Å². The predicted octanol–water partition coefficient (Wildman–Crippen LogP) is 4.49. The fraction of sp³-hybridized carbons (Fsp3) is 0.550. The largest absolute Gasteiger partial charge is 0.480 e. The number of carboxylic acids is 1. The zero-order chi connectivity index (χ0) is 18.2. The summed E-state index contributed by atoms with van der Waals surface area (Å²) in [6, 6.07) is 3.60. The number of rotatable bonds is 6. The highest BCUT2D eigenvalue weighted by Gasteiger charge is 2.22. The first-order valence-corrected chi connectivity index (χ1v) is 8.80. The van der Waals surface area contributed by atoms with E-state index in [1.54, 1.807) is 0 Å². The van der Waals surface area contributed by atoms with Gasteiger partial charge in [0.25, 0.3) is 0 Å². The number of nitrogens with one attached hydrogen (secondary N) is 1. The summed E-state index contributed by atoms with van der Waals surface area (Å²) in [6.45, 7) is 13.0. The number of aromatic nitrogens is 1. The van der Waals surface area contributed by atoms with E-state index in [1.807, 2.05) is 0 Å². The van der Waals surface area contributed by atoms with Gasteiger partial charge < -0.3 is 15.8 Å². The van der Waals surface area contributed by atoms with Crippen LogP contribution in [0.25, 0.3) is 10.9 Å². The summed E-state index contributed by atoms with van der Waals surface area (Å²) in [5.74, 6) is 0.148. The van der Waals surface area contributed by atoms with Gasteiger partial charge in [-0.05, 0) is 40.5 Å². The summed E-state index contributed by atoms with van der Waals surface area (Å²) in [7, 11) is 0. The Hall–Kier alpha value is -1.81. The molecule has 0 radical (unpaired) electrons. The van der Waals surface area contributed by atoms with Gasteiger partial charge in [-0.25, -0.2) is 0 Å². The average Bonchev–Trinajstić information content (AvgIpc) is 2.84. The smallest absolute Gasteiger partial charge is 0.320 e. The van der Waals surface area contributed by atoms with Crippen molar-refractivity contribution in [2.45, 2.75) is 71.8 Å². The van der Waals surface area contributed by atoms with E-state index in [1.165, 1.54) is 11.1 Å². The Balaban J connectivity index is 2.77. The van der Waals surface area contributed by atoms with Crippen LogP contribution in [0.4, 0.5) is 0 Å². The Morgan fingerprint density at radius 1 is 1.08 bits per heavy atom. The first kappa shape index (κ1) is 18.5. The Morgan fingerprint density at radius 3 is 2.17 bits per heavy atom. The van der Waals surface area contributed by atoms with Gasteiger partial charge in [-0.2, -0.15) is 0 Å². The molecule has 0 aliphatic heterocycles. The normalized spacial score (nSPS) is 13.4. The Kier molecular flexibility index (Phi) is 5.38. The quantitative estimate of drug-likeness (QED) is 0.730. The Bertz CT molecular complexity index is 742.